The van der Waals surface area contributed by atoms with Gasteiger partial charge in [0, 0.05) is 30.9 Å². The number of carbonyl (C=O) groups excluding carboxylic acids is 1. The minimum absolute atomic E-state index is 0.198. The summed E-state index contributed by atoms with van der Waals surface area (Å²) in [5.74, 6) is 2.02. The summed E-state index contributed by atoms with van der Waals surface area (Å²) in [6.07, 6.45) is 9.97. The molecule has 1 heterocycles. The van der Waals surface area contributed by atoms with Crippen LogP contribution >= 0.6 is 0 Å². The van der Waals surface area contributed by atoms with Gasteiger partial charge in [-0.05, 0) is 38.2 Å². The van der Waals surface area contributed by atoms with Crippen LogP contribution in [0.1, 0.15) is 67.9 Å². The van der Waals surface area contributed by atoms with Crippen molar-refractivity contribution in [1.82, 2.24) is 14.9 Å². The van der Waals surface area contributed by atoms with Crippen molar-refractivity contribution in [3.05, 3.63) is 53.6 Å². The Morgan fingerprint density at radius 2 is 1.92 bits per heavy atom. The average molecular weight is 351 g/mol. The van der Waals surface area contributed by atoms with E-state index in [0.717, 1.165) is 32.2 Å². The van der Waals surface area contributed by atoms with E-state index in [0.29, 0.717) is 12.5 Å². The van der Waals surface area contributed by atoms with Crippen LogP contribution in [-0.2, 0) is 16.8 Å². The van der Waals surface area contributed by atoms with E-state index in [4.69, 9.17) is 0 Å². The van der Waals surface area contributed by atoms with Gasteiger partial charge in [-0.25, -0.2) is 4.98 Å². The number of aryl methyl sites for hydroxylation is 1. The third-order valence-corrected chi connectivity index (χ3v) is 6.40. The number of rotatable bonds is 6. The number of benzene rings is 1. The van der Waals surface area contributed by atoms with Crippen molar-refractivity contribution in [2.24, 2.45) is 0 Å². The fourth-order valence-electron chi connectivity index (χ4n) is 4.60. The third kappa shape index (κ3) is 3.06. The minimum Gasteiger partial charge on any atom is -0.354 e. The van der Waals surface area contributed by atoms with Crippen molar-refractivity contribution < 1.29 is 4.79 Å². The highest BCUT2D eigenvalue weighted by molar-refractivity contribution is 5.88. The molecule has 0 atom stereocenters. The van der Waals surface area contributed by atoms with Crippen molar-refractivity contribution in [3.8, 4) is 0 Å². The molecule has 1 aromatic carbocycles. The van der Waals surface area contributed by atoms with Crippen LogP contribution in [0.15, 0.2) is 36.5 Å². The molecule has 2 aliphatic rings. The second kappa shape index (κ2) is 7.26. The van der Waals surface area contributed by atoms with Crippen LogP contribution in [0.25, 0.3) is 0 Å². The van der Waals surface area contributed by atoms with Crippen molar-refractivity contribution >= 4 is 5.91 Å². The lowest BCUT2D eigenvalue weighted by atomic mass is 9.78. The maximum Gasteiger partial charge on any atom is 0.230 e. The van der Waals surface area contributed by atoms with Crippen LogP contribution in [-0.4, -0.2) is 22.0 Å². The first-order chi connectivity index (χ1) is 12.7. The minimum atomic E-state index is -0.331. The van der Waals surface area contributed by atoms with Crippen molar-refractivity contribution in [2.75, 3.05) is 6.54 Å². The zero-order valence-electron chi connectivity index (χ0n) is 15.7. The number of imidazole rings is 1. The molecule has 2 aliphatic carbocycles. The fraction of sp³-hybridized carbons (Fsp3) is 0.545. The molecule has 1 amide bonds. The molecule has 138 valence electrons. The topological polar surface area (TPSA) is 46.9 Å². The molecule has 0 saturated heterocycles. The number of carbonyl (C=O) groups is 1. The summed E-state index contributed by atoms with van der Waals surface area (Å²) >= 11 is 0. The van der Waals surface area contributed by atoms with Gasteiger partial charge in [-0.1, -0.05) is 49.6 Å². The molecule has 4 rings (SSSR count). The molecule has 26 heavy (non-hydrogen) atoms. The van der Waals surface area contributed by atoms with E-state index in [1.807, 2.05) is 24.4 Å². The van der Waals surface area contributed by atoms with Crippen molar-refractivity contribution in [2.45, 2.75) is 69.7 Å². The van der Waals surface area contributed by atoms with Crippen LogP contribution in [0, 0.1) is 6.92 Å². The van der Waals surface area contributed by atoms with Gasteiger partial charge < -0.3 is 9.88 Å². The van der Waals surface area contributed by atoms with Gasteiger partial charge in [0.1, 0.15) is 5.82 Å². The number of nitrogens with zero attached hydrogens (tertiary/aromatic N) is 2. The molecule has 1 aromatic heterocycles. The second-order valence-corrected chi connectivity index (χ2v) is 7.95. The van der Waals surface area contributed by atoms with Crippen molar-refractivity contribution in [1.29, 1.82) is 0 Å². The summed E-state index contributed by atoms with van der Waals surface area (Å²) in [5, 5.41) is 3.24. The van der Waals surface area contributed by atoms with Crippen LogP contribution in [0.5, 0.6) is 0 Å². The molecule has 4 heteroatoms. The van der Waals surface area contributed by atoms with Crippen LogP contribution in [0.3, 0.4) is 0 Å². The number of aromatic nitrogens is 2. The Hall–Kier alpha value is -2.10. The summed E-state index contributed by atoms with van der Waals surface area (Å²) in [5.41, 5.74) is 2.03. The van der Waals surface area contributed by atoms with E-state index in [-0.39, 0.29) is 11.3 Å². The molecule has 0 aliphatic heterocycles. The fourth-order valence-corrected chi connectivity index (χ4v) is 4.60. The van der Waals surface area contributed by atoms with E-state index in [2.05, 4.69) is 33.9 Å². The first kappa shape index (κ1) is 17.3. The third-order valence-electron chi connectivity index (χ3n) is 6.40. The number of amides is 1. The normalized spacial score (nSPS) is 19.3. The molecule has 1 N–H and O–H groups in total. The van der Waals surface area contributed by atoms with Gasteiger partial charge in [-0.2, -0.15) is 0 Å². The standard InChI is InChI=1S/C22H29N3O/c1-17-16-24-20(18-8-7-9-18)25(17)15-14-23-21(26)22(12-5-6-13-22)19-10-3-2-4-11-19/h2-4,10-11,16,18H,5-9,12-15H2,1H3,(H,23,26). The van der Waals surface area contributed by atoms with Crippen molar-refractivity contribution in [3.63, 3.8) is 0 Å². The Balaban J connectivity index is 1.43. The quantitative estimate of drug-likeness (QED) is 0.852. The molecular formula is C22H29N3O. The summed E-state index contributed by atoms with van der Waals surface area (Å²) in [4.78, 5) is 17.8. The predicted octanol–water partition coefficient (Wildman–Crippen LogP) is 4.09. The van der Waals surface area contributed by atoms with E-state index in [9.17, 15) is 4.79 Å². The average Bonchev–Trinajstić information content (AvgIpc) is 3.24. The molecule has 2 fully saturated rings. The Morgan fingerprint density at radius 1 is 1.19 bits per heavy atom. The molecular weight excluding hydrogens is 322 g/mol. The molecule has 0 unspecified atom stereocenters. The Bertz CT molecular complexity index is 755. The molecule has 2 aromatic rings. The van der Waals surface area contributed by atoms with Gasteiger partial charge in [-0.3, -0.25) is 4.79 Å². The van der Waals surface area contributed by atoms with Gasteiger partial charge in [0.15, 0.2) is 0 Å². The molecule has 0 spiro atoms. The molecule has 2 saturated carbocycles. The molecule has 0 radical (unpaired) electrons. The highest BCUT2D eigenvalue weighted by Crippen LogP contribution is 2.41. The maximum atomic E-state index is 13.1. The Morgan fingerprint density at radius 3 is 2.58 bits per heavy atom. The monoisotopic (exact) mass is 351 g/mol. The van der Waals surface area contributed by atoms with Crippen LogP contribution in [0.4, 0.5) is 0 Å². The van der Waals surface area contributed by atoms with E-state index >= 15 is 0 Å². The number of nitrogens with one attached hydrogen (secondary N) is 1. The Kier molecular flexibility index (Phi) is 4.84. The lowest BCUT2D eigenvalue weighted by Crippen LogP contribution is -2.43. The molecule has 4 nitrogen and oxygen atoms in total. The largest absolute Gasteiger partial charge is 0.354 e. The predicted molar refractivity (Wildman–Crippen MR) is 103 cm³/mol. The summed E-state index contributed by atoms with van der Waals surface area (Å²) in [6, 6.07) is 10.3. The second-order valence-electron chi connectivity index (χ2n) is 7.95. The summed E-state index contributed by atoms with van der Waals surface area (Å²) in [7, 11) is 0. The number of hydrogen-bond acceptors (Lipinski definition) is 2. The van der Waals surface area contributed by atoms with E-state index in [1.165, 1.54) is 36.3 Å². The highest BCUT2D eigenvalue weighted by atomic mass is 16.2. The van der Waals surface area contributed by atoms with E-state index < -0.39 is 0 Å². The lowest BCUT2D eigenvalue weighted by Gasteiger charge is -2.29. The van der Waals surface area contributed by atoms with Gasteiger partial charge in [-0.15, -0.1) is 0 Å². The van der Waals surface area contributed by atoms with Gasteiger partial charge in [0.2, 0.25) is 5.91 Å². The van der Waals surface area contributed by atoms with Crippen LogP contribution in [0.2, 0.25) is 0 Å². The smallest absolute Gasteiger partial charge is 0.230 e. The molecule has 0 bridgehead atoms. The van der Waals surface area contributed by atoms with Gasteiger partial charge >= 0.3 is 0 Å². The maximum absolute atomic E-state index is 13.1. The van der Waals surface area contributed by atoms with Gasteiger partial charge in [0.25, 0.3) is 0 Å². The lowest BCUT2D eigenvalue weighted by molar-refractivity contribution is -0.126. The Labute approximate surface area is 156 Å². The zero-order chi connectivity index (χ0) is 18.0. The summed E-state index contributed by atoms with van der Waals surface area (Å²) < 4.78 is 2.30. The zero-order valence-corrected chi connectivity index (χ0v) is 15.7. The SMILES string of the molecule is Cc1cnc(C2CCC2)n1CCNC(=O)C1(c2ccccc2)CCCC1. The first-order valence-corrected chi connectivity index (χ1v) is 10.1. The van der Waals surface area contributed by atoms with E-state index in [1.54, 1.807) is 0 Å². The van der Waals surface area contributed by atoms with Gasteiger partial charge in [0.05, 0.1) is 5.41 Å². The number of hydrogen-bond donors (Lipinski definition) is 1. The first-order valence-electron chi connectivity index (χ1n) is 10.1. The van der Waals surface area contributed by atoms with Crippen LogP contribution < -0.4 is 5.32 Å². The summed E-state index contributed by atoms with van der Waals surface area (Å²) in [6.45, 7) is 3.60. The highest BCUT2D eigenvalue weighted by Gasteiger charge is 2.42.